The summed E-state index contributed by atoms with van der Waals surface area (Å²) >= 11 is 0. The number of rotatable bonds is 8. The molecule has 7 heteroatoms. The van der Waals surface area contributed by atoms with Gasteiger partial charge in [-0.2, -0.15) is 0 Å². The second-order valence-corrected chi connectivity index (χ2v) is 7.29. The van der Waals surface area contributed by atoms with Gasteiger partial charge in [0.05, 0.1) is 4.90 Å². The molecule has 0 bridgehead atoms. The quantitative estimate of drug-likeness (QED) is 0.756. The van der Waals surface area contributed by atoms with Gasteiger partial charge in [0.15, 0.2) is 6.61 Å². The Kier molecular flexibility index (Phi) is 6.41. The first-order chi connectivity index (χ1) is 11.9. The Balaban J connectivity index is 1.96. The van der Waals surface area contributed by atoms with Gasteiger partial charge in [-0.15, -0.1) is 0 Å². The molecule has 0 aliphatic carbocycles. The fourth-order valence-corrected chi connectivity index (χ4v) is 3.06. The Labute approximate surface area is 148 Å². The average Bonchev–Trinajstić information content (AvgIpc) is 2.60. The number of para-hydroxylation sites is 1. The Bertz CT molecular complexity index is 790. The summed E-state index contributed by atoms with van der Waals surface area (Å²) in [5.41, 5.74) is 0.490. The molecule has 2 rings (SSSR count). The molecule has 0 saturated heterocycles. The summed E-state index contributed by atoms with van der Waals surface area (Å²) in [6, 6.07) is 14.7. The van der Waals surface area contributed by atoms with Crippen molar-refractivity contribution in [3.05, 3.63) is 54.6 Å². The molecular weight excluding hydrogens is 340 g/mol. The summed E-state index contributed by atoms with van der Waals surface area (Å²) in [4.78, 5) is 11.8. The fourth-order valence-electron chi connectivity index (χ4n) is 2.00. The molecule has 1 amide bonds. The molecule has 134 valence electrons. The lowest BCUT2D eigenvalue weighted by Crippen LogP contribution is -2.35. The van der Waals surface area contributed by atoms with Crippen LogP contribution in [0.15, 0.2) is 59.5 Å². The lowest BCUT2D eigenvalue weighted by atomic mass is 10.2. The minimum atomic E-state index is -3.67. The van der Waals surface area contributed by atoms with Gasteiger partial charge < -0.3 is 10.1 Å². The molecule has 0 heterocycles. The smallest absolute Gasteiger partial charge is 0.261 e. The summed E-state index contributed by atoms with van der Waals surface area (Å²) in [6.45, 7) is 3.78. The minimum absolute atomic E-state index is 0.0904. The number of hydrogen-bond acceptors (Lipinski definition) is 4. The number of benzene rings is 2. The van der Waals surface area contributed by atoms with Crippen LogP contribution in [0.3, 0.4) is 0 Å². The summed E-state index contributed by atoms with van der Waals surface area (Å²) in [5, 5.41) is 2.79. The number of ether oxygens (including phenoxy) is 1. The molecule has 0 unspecified atom stereocenters. The third-order valence-corrected chi connectivity index (χ3v) is 4.95. The first kappa shape index (κ1) is 18.8. The Hall–Kier alpha value is -2.54. The van der Waals surface area contributed by atoms with E-state index in [0.29, 0.717) is 11.4 Å². The van der Waals surface area contributed by atoms with E-state index >= 15 is 0 Å². The fraction of sp³-hybridized carbons (Fsp3) is 0.278. The van der Waals surface area contributed by atoms with Gasteiger partial charge in [0.25, 0.3) is 15.9 Å². The van der Waals surface area contributed by atoms with Gasteiger partial charge >= 0.3 is 0 Å². The molecule has 2 N–H and O–H groups in total. The minimum Gasteiger partial charge on any atom is -0.484 e. The van der Waals surface area contributed by atoms with Gasteiger partial charge in [-0.05, 0) is 49.7 Å². The Morgan fingerprint density at radius 2 is 1.72 bits per heavy atom. The van der Waals surface area contributed by atoms with Crippen LogP contribution in [-0.2, 0) is 14.8 Å². The van der Waals surface area contributed by atoms with Crippen molar-refractivity contribution in [1.82, 2.24) is 5.32 Å². The maximum absolute atomic E-state index is 12.3. The van der Waals surface area contributed by atoms with E-state index in [9.17, 15) is 13.2 Å². The molecule has 0 aliphatic heterocycles. The third-order valence-electron chi connectivity index (χ3n) is 3.55. The van der Waals surface area contributed by atoms with E-state index in [1.807, 2.05) is 13.8 Å². The zero-order chi connectivity index (χ0) is 18.3. The second kappa shape index (κ2) is 8.53. The predicted octanol–water partition coefficient (Wildman–Crippen LogP) is 2.78. The largest absolute Gasteiger partial charge is 0.484 e. The van der Waals surface area contributed by atoms with Gasteiger partial charge in [0, 0.05) is 11.7 Å². The summed E-state index contributed by atoms with van der Waals surface area (Å²) in [7, 11) is -3.67. The maximum Gasteiger partial charge on any atom is 0.261 e. The number of carbonyl (C=O) groups excluding carboxylic acids is 1. The predicted molar refractivity (Wildman–Crippen MR) is 97.1 cm³/mol. The van der Waals surface area contributed by atoms with Crippen molar-refractivity contribution in [2.75, 3.05) is 11.3 Å². The first-order valence-electron chi connectivity index (χ1n) is 8.01. The van der Waals surface area contributed by atoms with Crippen LogP contribution in [0.2, 0.25) is 0 Å². The van der Waals surface area contributed by atoms with Crippen molar-refractivity contribution in [1.29, 1.82) is 0 Å². The van der Waals surface area contributed by atoms with Gasteiger partial charge in [-0.1, -0.05) is 25.1 Å². The molecule has 0 aromatic heterocycles. The van der Waals surface area contributed by atoms with E-state index in [0.717, 1.165) is 6.42 Å². The van der Waals surface area contributed by atoms with Crippen LogP contribution in [0.1, 0.15) is 20.3 Å². The van der Waals surface area contributed by atoms with E-state index in [2.05, 4.69) is 10.0 Å². The number of anilines is 1. The van der Waals surface area contributed by atoms with E-state index in [1.54, 1.807) is 30.3 Å². The Morgan fingerprint density at radius 1 is 1.08 bits per heavy atom. The van der Waals surface area contributed by atoms with Crippen molar-refractivity contribution in [2.45, 2.75) is 31.2 Å². The molecule has 0 aliphatic rings. The number of amides is 1. The zero-order valence-electron chi connectivity index (χ0n) is 14.2. The Morgan fingerprint density at radius 3 is 2.32 bits per heavy atom. The molecule has 2 aromatic rings. The molecule has 1 atom stereocenters. The highest BCUT2D eigenvalue weighted by Crippen LogP contribution is 2.19. The van der Waals surface area contributed by atoms with E-state index < -0.39 is 10.0 Å². The highest BCUT2D eigenvalue weighted by Gasteiger charge is 2.14. The highest BCUT2D eigenvalue weighted by atomic mass is 32.2. The van der Waals surface area contributed by atoms with Crippen LogP contribution in [0.4, 0.5) is 5.69 Å². The lowest BCUT2D eigenvalue weighted by Gasteiger charge is -2.12. The summed E-state index contributed by atoms with van der Waals surface area (Å²) in [5.74, 6) is 0.217. The van der Waals surface area contributed by atoms with E-state index in [1.165, 1.54) is 24.3 Å². The molecule has 2 aromatic carbocycles. The standard InChI is InChI=1S/C18H22N2O4S/c1-3-14(2)19-18(21)13-24-16-9-11-17(12-10-16)25(22,23)20-15-7-5-4-6-8-15/h4-12,14,20H,3,13H2,1-2H3,(H,19,21)/t14-/m0/s1. The van der Waals surface area contributed by atoms with Crippen molar-refractivity contribution in [3.8, 4) is 5.75 Å². The van der Waals surface area contributed by atoms with Gasteiger partial charge in [0.1, 0.15) is 5.75 Å². The molecule has 0 radical (unpaired) electrons. The van der Waals surface area contributed by atoms with E-state index in [-0.39, 0.29) is 23.5 Å². The average molecular weight is 362 g/mol. The van der Waals surface area contributed by atoms with Crippen molar-refractivity contribution in [2.24, 2.45) is 0 Å². The summed E-state index contributed by atoms with van der Waals surface area (Å²) < 4.78 is 32.5. The van der Waals surface area contributed by atoms with Crippen LogP contribution in [0.5, 0.6) is 5.75 Å². The number of carbonyl (C=O) groups is 1. The van der Waals surface area contributed by atoms with Crippen LogP contribution in [0.25, 0.3) is 0 Å². The van der Waals surface area contributed by atoms with Crippen molar-refractivity contribution < 1.29 is 17.9 Å². The molecule has 6 nitrogen and oxygen atoms in total. The molecular formula is C18H22N2O4S. The highest BCUT2D eigenvalue weighted by molar-refractivity contribution is 7.92. The monoisotopic (exact) mass is 362 g/mol. The molecule has 25 heavy (non-hydrogen) atoms. The summed E-state index contributed by atoms with van der Waals surface area (Å²) in [6.07, 6.45) is 0.840. The van der Waals surface area contributed by atoms with Crippen LogP contribution in [-0.4, -0.2) is 27.0 Å². The normalized spacial score (nSPS) is 12.2. The number of sulfonamides is 1. The van der Waals surface area contributed by atoms with Gasteiger partial charge in [0.2, 0.25) is 0 Å². The molecule has 0 saturated carbocycles. The van der Waals surface area contributed by atoms with E-state index in [4.69, 9.17) is 4.74 Å². The topological polar surface area (TPSA) is 84.5 Å². The zero-order valence-corrected chi connectivity index (χ0v) is 15.0. The van der Waals surface area contributed by atoms with Crippen molar-refractivity contribution in [3.63, 3.8) is 0 Å². The second-order valence-electron chi connectivity index (χ2n) is 5.61. The molecule has 0 fully saturated rings. The maximum atomic E-state index is 12.3. The van der Waals surface area contributed by atoms with Crippen LogP contribution < -0.4 is 14.8 Å². The third kappa shape index (κ3) is 5.79. The number of hydrogen-bond donors (Lipinski definition) is 2. The van der Waals surface area contributed by atoms with Crippen LogP contribution >= 0.6 is 0 Å². The molecule has 0 spiro atoms. The SMILES string of the molecule is CC[C@H](C)NC(=O)COc1ccc(S(=O)(=O)Nc2ccccc2)cc1. The first-order valence-corrected chi connectivity index (χ1v) is 9.49. The van der Waals surface area contributed by atoms with Crippen molar-refractivity contribution >= 4 is 21.6 Å². The van der Waals surface area contributed by atoms with Gasteiger partial charge in [-0.25, -0.2) is 8.42 Å². The van der Waals surface area contributed by atoms with Gasteiger partial charge in [-0.3, -0.25) is 9.52 Å². The van der Waals surface area contributed by atoms with Crippen LogP contribution in [0, 0.1) is 0 Å². The lowest BCUT2D eigenvalue weighted by molar-refractivity contribution is -0.123. The number of nitrogens with one attached hydrogen (secondary N) is 2.